The second-order valence-electron chi connectivity index (χ2n) is 7.60. The van der Waals surface area contributed by atoms with Crippen LogP contribution in [0.3, 0.4) is 0 Å². The van der Waals surface area contributed by atoms with Crippen molar-refractivity contribution in [3.05, 3.63) is 46.2 Å². The number of rotatable bonds is 3. The summed E-state index contributed by atoms with van der Waals surface area (Å²) in [5.41, 5.74) is 5.10. The van der Waals surface area contributed by atoms with Gasteiger partial charge in [-0.3, -0.25) is 4.79 Å². The molecule has 0 aliphatic carbocycles. The van der Waals surface area contributed by atoms with E-state index in [0.29, 0.717) is 11.4 Å². The Morgan fingerprint density at radius 3 is 2.77 bits per heavy atom. The standard InChI is InChI=1S/C21H23N7OS/c1-12-10-17(26-28-11-13(2)23-20(12)28)25-21(29)15-4-5-16(27-8-6-22-7-9-27)19-18(15)24-14(3)30-19/h4-5,10-11,22H,6-9H2,1-3H3,(H,25,26,29). The number of anilines is 2. The van der Waals surface area contributed by atoms with Crippen molar-refractivity contribution in [1.82, 2.24) is 24.9 Å². The van der Waals surface area contributed by atoms with Gasteiger partial charge in [-0.2, -0.15) is 0 Å². The monoisotopic (exact) mass is 421 g/mol. The molecule has 1 fully saturated rings. The average Bonchev–Trinajstić information content (AvgIpc) is 3.29. The number of aryl methyl sites for hydroxylation is 3. The van der Waals surface area contributed by atoms with Crippen LogP contribution in [0, 0.1) is 20.8 Å². The summed E-state index contributed by atoms with van der Waals surface area (Å²) in [7, 11) is 0. The van der Waals surface area contributed by atoms with Gasteiger partial charge in [-0.15, -0.1) is 16.4 Å². The van der Waals surface area contributed by atoms with Crippen LogP contribution in [-0.2, 0) is 0 Å². The average molecular weight is 422 g/mol. The molecule has 1 aliphatic rings. The number of piperazine rings is 1. The zero-order chi connectivity index (χ0) is 20.8. The van der Waals surface area contributed by atoms with Gasteiger partial charge in [-0.25, -0.2) is 14.5 Å². The van der Waals surface area contributed by atoms with Gasteiger partial charge in [0.25, 0.3) is 5.91 Å². The van der Waals surface area contributed by atoms with Gasteiger partial charge in [0.1, 0.15) is 0 Å². The van der Waals surface area contributed by atoms with E-state index in [1.54, 1.807) is 15.9 Å². The van der Waals surface area contributed by atoms with Crippen molar-refractivity contribution >= 4 is 44.6 Å². The molecule has 0 radical (unpaired) electrons. The van der Waals surface area contributed by atoms with Crippen molar-refractivity contribution in [3.63, 3.8) is 0 Å². The van der Waals surface area contributed by atoms with Gasteiger partial charge in [0, 0.05) is 26.2 Å². The van der Waals surface area contributed by atoms with Crippen molar-refractivity contribution in [2.45, 2.75) is 20.8 Å². The molecule has 154 valence electrons. The summed E-state index contributed by atoms with van der Waals surface area (Å²) in [6.45, 7) is 9.69. The Kier molecular flexibility index (Phi) is 4.63. The van der Waals surface area contributed by atoms with Gasteiger partial charge in [0.15, 0.2) is 11.5 Å². The molecule has 30 heavy (non-hydrogen) atoms. The lowest BCUT2D eigenvalue weighted by Crippen LogP contribution is -2.43. The molecule has 3 aromatic heterocycles. The Hall–Kier alpha value is -3.04. The molecule has 0 atom stereocenters. The van der Waals surface area contributed by atoms with E-state index in [1.807, 2.05) is 45.2 Å². The van der Waals surface area contributed by atoms with E-state index in [9.17, 15) is 4.79 Å². The fraction of sp³-hybridized carbons (Fsp3) is 0.333. The zero-order valence-corrected chi connectivity index (χ0v) is 18.0. The Morgan fingerprint density at radius 2 is 1.97 bits per heavy atom. The van der Waals surface area contributed by atoms with E-state index >= 15 is 0 Å². The van der Waals surface area contributed by atoms with Crippen molar-refractivity contribution in [2.75, 3.05) is 36.4 Å². The van der Waals surface area contributed by atoms with Crippen molar-refractivity contribution in [2.24, 2.45) is 0 Å². The quantitative estimate of drug-likeness (QED) is 0.529. The molecule has 0 bridgehead atoms. The van der Waals surface area contributed by atoms with Crippen LogP contribution in [0.1, 0.15) is 26.6 Å². The number of amides is 1. The number of thiazole rings is 1. The van der Waals surface area contributed by atoms with E-state index in [0.717, 1.165) is 64.0 Å². The normalized spacial score (nSPS) is 14.6. The van der Waals surface area contributed by atoms with Crippen LogP contribution in [0.25, 0.3) is 15.9 Å². The van der Waals surface area contributed by atoms with Gasteiger partial charge in [0.05, 0.1) is 38.4 Å². The lowest BCUT2D eigenvalue weighted by atomic mass is 10.1. The minimum absolute atomic E-state index is 0.208. The Balaban J connectivity index is 1.51. The third kappa shape index (κ3) is 3.29. The first-order valence-corrected chi connectivity index (χ1v) is 10.8. The van der Waals surface area contributed by atoms with Gasteiger partial charge < -0.3 is 15.5 Å². The molecule has 9 heteroatoms. The van der Waals surface area contributed by atoms with E-state index in [4.69, 9.17) is 0 Å². The SMILES string of the molecule is Cc1cn2nc(NC(=O)c3ccc(N4CCNCC4)c4sc(C)nc34)cc(C)c2n1. The van der Waals surface area contributed by atoms with Crippen LogP contribution >= 0.6 is 11.3 Å². The number of nitrogens with one attached hydrogen (secondary N) is 2. The van der Waals surface area contributed by atoms with E-state index in [-0.39, 0.29) is 5.91 Å². The van der Waals surface area contributed by atoms with Crippen molar-refractivity contribution in [1.29, 1.82) is 0 Å². The molecule has 0 spiro atoms. The Morgan fingerprint density at radius 1 is 1.17 bits per heavy atom. The maximum atomic E-state index is 13.1. The van der Waals surface area contributed by atoms with Crippen LogP contribution in [0.2, 0.25) is 0 Å². The van der Waals surface area contributed by atoms with Crippen LogP contribution in [0.4, 0.5) is 11.5 Å². The first kappa shape index (κ1) is 19.0. The molecule has 1 aliphatic heterocycles. The largest absolute Gasteiger partial charge is 0.368 e. The topological polar surface area (TPSA) is 87.5 Å². The summed E-state index contributed by atoms with van der Waals surface area (Å²) < 4.78 is 2.77. The number of imidazole rings is 1. The summed E-state index contributed by atoms with van der Waals surface area (Å²) in [6, 6.07) is 5.76. The minimum atomic E-state index is -0.208. The number of nitrogens with zero attached hydrogens (tertiary/aromatic N) is 5. The van der Waals surface area contributed by atoms with Crippen LogP contribution in [0.15, 0.2) is 24.4 Å². The number of hydrogen-bond acceptors (Lipinski definition) is 7. The predicted molar refractivity (Wildman–Crippen MR) is 120 cm³/mol. The minimum Gasteiger partial charge on any atom is -0.368 e. The van der Waals surface area contributed by atoms with Crippen LogP contribution < -0.4 is 15.5 Å². The van der Waals surface area contributed by atoms with Crippen LogP contribution in [-0.4, -0.2) is 51.7 Å². The molecule has 0 saturated carbocycles. The summed E-state index contributed by atoms with van der Waals surface area (Å²) >= 11 is 1.64. The fourth-order valence-electron chi connectivity index (χ4n) is 3.93. The molecule has 1 aromatic carbocycles. The van der Waals surface area contributed by atoms with Gasteiger partial charge in [-0.05, 0) is 44.5 Å². The zero-order valence-electron chi connectivity index (χ0n) is 17.2. The molecule has 1 saturated heterocycles. The molecule has 4 aromatic rings. The van der Waals surface area contributed by atoms with Gasteiger partial charge in [0.2, 0.25) is 0 Å². The summed E-state index contributed by atoms with van der Waals surface area (Å²) in [5, 5.41) is 11.8. The number of carbonyl (C=O) groups excluding carboxylic acids is 1. The maximum Gasteiger partial charge on any atom is 0.259 e. The van der Waals surface area contributed by atoms with Crippen LogP contribution in [0.5, 0.6) is 0 Å². The smallest absolute Gasteiger partial charge is 0.259 e. The number of fused-ring (bicyclic) bond motifs is 2. The van der Waals surface area contributed by atoms with Crippen molar-refractivity contribution < 1.29 is 4.79 Å². The number of aromatic nitrogens is 4. The van der Waals surface area contributed by atoms with Gasteiger partial charge >= 0.3 is 0 Å². The third-order valence-electron chi connectivity index (χ3n) is 5.30. The van der Waals surface area contributed by atoms with E-state index in [1.165, 1.54) is 0 Å². The maximum absolute atomic E-state index is 13.1. The molecule has 8 nitrogen and oxygen atoms in total. The number of carbonyl (C=O) groups is 1. The fourth-order valence-corrected chi connectivity index (χ4v) is 4.91. The molecule has 4 heterocycles. The lowest BCUT2D eigenvalue weighted by molar-refractivity contribution is 0.102. The number of hydrogen-bond donors (Lipinski definition) is 2. The first-order chi connectivity index (χ1) is 14.5. The van der Waals surface area contributed by atoms with Gasteiger partial charge in [-0.1, -0.05) is 0 Å². The molecule has 0 unspecified atom stereocenters. The third-order valence-corrected chi connectivity index (χ3v) is 6.30. The second kappa shape index (κ2) is 7.33. The Bertz CT molecular complexity index is 1270. The molecule has 1 amide bonds. The highest BCUT2D eigenvalue weighted by atomic mass is 32.1. The van der Waals surface area contributed by atoms with E-state index in [2.05, 4.69) is 30.6 Å². The summed E-state index contributed by atoms with van der Waals surface area (Å²) in [4.78, 5) is 24.6. The Labute approximate surface area is 177 Å². The molecule has 2 N–H and O–H groups in total. The highest BCUT2D eigenvalue weighted by molar-refractivity contribution is 7.19. The predicted octanol–water partition coefficient (Wildman–Crippen LogP) is 2.93. The summed E-state index contributed by atoms with van der Waals surface area (Å²) in [5.74, 6) is 0.286. The highest BCUT2D eigenvalue weighted by Crippen LogP contribution is 2.34. The van der Waals surface area contributed by atoms with E-state index < -0.39 is 0 Å². The van der Waals surface area contributed by atoms with Crippen molar-refractivity contribution in [3.8, 4) is 0 Å². The molecular formula is C21H23N7OS. The lowest BCUT2D eigenvalue weighted by Gasteiger charge is -2.29. The first-order valence-electron chi connectivity index (χ1n) is 10.0. The molecule has 5 rings (SSSR count). The highest BCUT2D eigenvalue weighted by Gasteiger charge is 2.21. The molecular weight excluding hydrogens is 398 g/mol. The second-order valence-corrected chi connectivity index (χ2v) is 8.80. The summed E-state index contributed by atoms with van der Waals surface area (Å²) in [6.07, 6.45) is 1.85. The number of benzene rings is 1.